The number of nitrogens with two attached hydrogens (primary N) is 1. The fourth-order valence-electron chi connectivity index (χ4n) is 4.30. The van der Waals surface area contributed by atoms with E-state index in [1.165, 1.54) is 11.1 Å². The van der Waals surface area contributed by atoms with E-state index in [9.17, 15) is 9.59 Å². The Morgan fingerprint density at radius 1 is 1.24 bits per heavy atom. The lowest BCUT2D eigenvalue weighted by Crippen LogP contribution is -2.38. The molecule has 0 saturated carbocycles. The zero-order chi connectivity index (χ0) is 26.9. The van der Waals surface area contributed by atoms with Crippen LogP contribution in [-0.2, 0) is 9.59 Å². The van der Waals surface area contributed by atoms with Gasteiger partial charge in [0.2, 0.25) is 5.91 Å². The zero-order valence-electron chi connectivity index (χ0n) is 22.4. The molecule has 1 aliphatic carbocycles. The second-order valence-electron chi connectivity index (χ2n) is 9.78. The normalized spacial score (nSPS) is 19.9. The fraction of sp³-hybridized carbons (Fsp3) is 0.367. The number of likely N-dealkylation sites (tertiary alicyclic amines) is 1. The van der Waals surface area contributed by atoms with E-state index in [2.05, 4.69) is 72.2 Å². The molecule has 3 rings (SSSR count). The number of carbonyl (C=O) groups excluding carboxylic acids is 2. The van der Waals surface area contributed by atoms with Crippen LogP contribution >= 0.6 is 0 Å². The quantitative estimate of drug-likeness (QED) is 0.270. The molecule has 2 amide bonds. The molecule has 1 aromatic rings. The van der Waals surface area contributed by atoms with Crippen molar-refractivity contribution < 1.29 is 9.59 Å². The van der Waals surface area contributed by atoms with E-state index in [1.807, 2.05) is 12.2 Å². The summed E-state index contributed by atoms with van der Waals surface area (Å²) >= 11 is 0. The molecule has 4 N–H and O–H groups in total. The molecule has 1 atom stereocenters. The molecule has 1 fully saturated rings. The molecule has 0 radical (unpaired) electrons. The molecule has 37 heavy (non-hydrogen) atoms. The van der Waals surface area contributed by atoms with E-state index in [-0.39, 0.29) is 24.1 Å². The highest BCUT2D eigenvalue weighted by Gasteiger charge is 2.22. The minimum atomic E-state index is -0.335. The van der Waals surface area contributed by atoms with E-state index in [0.29, 0.717) is 30.4 Å². The molecule has 7 heteroatoms. The van der Waals surface area contributed by atoms with E-state index in [4.69, 9.17) is 5.73 Å². The van der Waals surface area contributed by atoms with Crippen LogP contribution in [0.2, 0.25) is 0 Å². The van der Waals surface area contributed by atoms with Gasteiger partial charge >= 0.3 is 0 Å². The fourth-order valence-corrected chi connectivity index (χ4v) is 4.30. The SMILES string of the molecule is C=C/C(=C\N=C(C)CNC(=O)/C(N)=C1\C=CC(c2ccc(C)c(C)c2)=CC1)NC(=O)CN1CCC[C@@H]1C. The number of amides is 2. The highest BCUT2D eigenvalue weighted by atomic mass is 16.2. The maximum atomic E-state index is 12.6. The Balaban J connectivity index is 1.52. The Bertz CT molecular complexity index is 1200. The van der Waals surface area contributed by atoms with Gasteiger partial charge in [-0.05, 0) is 87.4 Å². The van der Waals surface area contributed by atoms with Crippen molar-refractivity contribution in [2.75, 3.05) is 19.6 Å². The van der Waals surface area contributed by atoms with Gasteiger partial charge in [0.1, 0.15) is 5.70 Å². The summed E-state index contributed by atoms with van der Waals surface area (Å²) in [5.74, 6) is -0.422. The van der Waals surface area contributed by atoms with Crippen molar-refractivity contribution in [1.82, 2.24) is 15.5 Å². The average Bonchev–Trinajstić information content (AvgIpc) is 3.30. The van der Waals surface area contributed by atoms with Gasteiger partial charge in [-0.3, -0.25) is 19.5 Å². The average molecular weight is 502 g/mol. The van der Waals surface area contributed by atoms with Crippen LogP contribution in [0, 0.1) is 13.8 Å². The molecule has 0 unspecified atom stereocenters. The monoisotopic (exact) mass is 501 g/mol. The van der Waals surface area contributed by atoms with Gasteiger partial charge in [0.15, 0.2) is 0 Å². The van der Waals surface area contributed by atoms with Crippen LogP contribution in [0.3, 0.4) is 0 Å². The van der Waals surface area contributed by atoms with Crippen molar-refractivity contribution in [3.8, 4) is 0 Å². The molecule has 1 saturated heterocycles. The number of allylic oxidation sites excluding steroid dienone is 6. The standard InChI is InChI=1S/C30H39N5O2/c1-6-27(34-28(36)19-35-15-7-8-23(35)5)18-32-22(4)17-33-30(37)29(31)25-13-11-24(12-14-25)26-10-9-20(2)21(3)16-26/h6,9-13,16,18,23H,1,7-8,14-15,17,19,31H2,2-5H3,(H,33,37)(H,34,36)/b27-18+,29-25-,32-22?/t23-/m0/s1. The number of rotatable bonds is 9. The highest BCUT2D eigenvalue weighted by molar-refractivity contribution is 5.97. The summed E-state index contributed by atoms with van der Waals surface area (Å²) in [5, 5.41) is 5.66. The van der Waals surface area contributed by atoms with E-state index < -0.39 is 0 Å². The van der Waals surface area contributed by atoms with Crippen LogP contribution in [0.1, 0.15) is 49.8 Å². The van der Waals surface area contributed by atoms with Gasteiger partial charge in [-0.1, -0.05) is 43.0 Å². The molecular formula is C30H39N5O2. The Morgan fingerprint density at radius 3 is 2.65 bits per heavy atom. The van der Waals surface area contributed by atoms with Gasteiger partial charge in [-0.2, -0.15) is 0 Å². The molecule has 1 aromatic carbocycles. The zero-order valence-corrected chi connectivity index (χ0v) is 22.4. The van der Waals surface area contributed by atoms with Crippen molar-refractivity contribution in [1.29, 1.82) is 0 Å². The maximum absolute atomic E-state index is 12.6. The number of benzene rings is 1. The molecule has 2 aliphatic rings. The molecule has 1 aliphatic heterocycles. The first-order valence-electron chi connectivity index (χ1n) is 12.8. The molecule has 0 bridgehead atoms. The third-order valence-electron chi connectivity index (χ3n) is 6.91. The number of aryl methyl sites for hydroxylation is 2. The lowest BCUT2D eigenvalue weighted by atomic mass is 9.94. The molecule has 1 heterocycles. The highest BCUT2D eigenvalue weighted by Crippen LogP contribution is 2.26. The van der Waals surface area contributed by atoms with Gasteiger partial charge in [-0.25, -0.2) is 0 Å². The summed E-state index contributed by atoms with van der Waals surface area (Å²) in [6.45, 7) is 13.4. The van der Waals surface area contributed by atoms with Crippen molar-refractivity contribution >= 4 is 23.1 Å². The van der Waals surface area contributed by atoms with Crippen LogP contribution in [-0.4, -0.2) is 48.1 Å². The summed E-state index contributed by atoms with van der Waals surface area (Å²) in [5.41, 5.74) is 13.1. The Hall–Kier alpha value is -3.71. The van der Waals surface area contributed by atoms with Crippen LogP contribution in [0.5, 0.6) is 0 Å². The summed E-state index contributed by atoms with van der Waals surface area (Å²) in [4.78, 5) is 31.5. The Kier molecular flexibility index (Phi) is 9.80. The predicted molar refractivity (Wildman–Crippen MR) is 152 cm³/mol. The van der Waals surface area contributed by atoms with Gasteiger partial charge in [0.25, 0.3) is 5.91 Å². The molecule has 7 nitrogen and oxygen atoms in total. The number of nitrogens with zero attached hydrogens (tertiary/aromatic N) is 2. The predicted octanol–water partition coefficient (Wildman–Crippen LogP) is 4.06. The molecule has 0 spiro atoms. The van der Waals surface area contributed by atoms with Crippen LogP contribution in [0.15, 0.2) is 77.2 Å². The minimum absolute atomic E-state index is 0.0873. The number of hydrogen-bond acceptors (Lipinski definition) is 5. The molecule has 0 aromatic heterocycles. The Labute approximate surface area is 220 Å². The first kappa shape index (κ1) is 27.9. The number of nitrogens with one attached hydrogen (secondary N) is 2. The van der Waals surface area contributed by atoms with Crippen molar-refractivity contribution in [3.63, 3.8) is 0 Å². The number of carbonyl (C=O) groups is 2. The topological polar surface area (TPSA) is 99.8 Å². The molecule has 196 valence electrons. The second kappa shape index (κ2) is 13.0. The third kappa shape index (κ3) is 7.89. The van der Waals surface area contributed by atoms with Gasteiger partial charge < -0.3 is 16.4 Å². The first-order valence-corrected chi connectivity index (χ1v) is 12.8. The number of hydrogen-bond donors (Lipinski definition) is 3. The summed E-state index contributed by atoms with van der Waals surface area (Å²) in [6.07, 6.45) is 11.9. The second-order valence-corrected chi connectivity index (χ2v) is 9.78. The van der Waals surface area contributed by atoms with Crippen molar-refractivity contribution in [2.24, 2.45) is 10.7 Å². The molecular weight excluding hydrogens is 462 g/mol. The smallest absolute Gasteiger partial charge is 0.267 e. The lowest BCUT2D eigenvalue weighted by Gasteiger charge is -2.20. The lowest BCUT2D eigenvalue weighted by molar-refractivity contribution is -0.121. The first-order chi connectivity index (χ1) is 17.7. The van der Waals surface area contributed by atoms with Crippen molar-refractivity contribution in [3.05, 3.63) is 88.9 Å². The van der Waals surface area contributed by atoms with Gasteiger partial charge in [-0.15, -0.1) is 0 Å². The third-order valence-corrected chi connectivity index (χ3v) is 6.91. The Morgan fingerprint density at radius 2 is 2.03 bits per heavy atom. The van der Waals surface area contributed by atoms with Crippen molar-refractivity contribution in [2.45, 2.75) is 53.0 Å². The largest absolute Gasteiger partial charge is 0.394 e. The van der Waals surface area contributed by atoms with Gasteiger partial charge in [0.05, 0.1) is 25.0 Å². The van der Waals surface area contributed by atoms with Gasteiger partial charge in [0, 0.05) is 11.8 Å². The van der Waals surface area contributed by atoms with Crippen LogP contribution < -0.4 is 16.4 Å². The van der Waals surface area contributed by atoms with Crippen LogP contribution in [0.4, 0.5) is 0 Å². The maximum Gasteiger partial charge on any atom is 0.267 e. The van der Waals surface area contributed by atoms with Crippen LogP contribution in [0.25, 0.3) is 5.57 Å². The minimum Gasteiger partial charge on any atom is -0.394 e. The summed E-state index contributed by atoms with van der Waals surface area (Å²) < 4.78 is 0. The number of aliphatic imine (C=N–C) groups is 1. The van der Waals surface area contributed by atoms with E-state index >= 15 is 0 Å². The summed E-state index contributed by atoms with van der Waals surface area (Å²) in [6, 6.07) is 6.82. The summed E-state index contributed by atoms with van der Waals surface area (Å²) in [7, 11) is 0. The van der Waals surface area contributed by atoms with E-state index in [1.54, 1.807) is 19.2 Å². The van der Waals surface area contributed by atoms with E-state index in [0.717, 1.165) is 36.1 Å².